The summed E-state index contributed by atoms with van der Waals surface area (Å²) in [6.07, 6.45) is 5.84. The van der Waals surface area contributed by atoms with Crippen molar-refractivity contribution in [1.29, 1.82) is 0 Å². The van der Waals surface area contributed by atoms with E-state index in [2.05, 4.69) is 17.2 Å². The molecule has 0 radical (unpaired) electrons. The lowest BCUT2D eigenvalue weighted by molar-refractivity contribution is 0.0927. The molecule has 3 nitrogen and oxygen atoms in total. The number of hydrogen-bond acceptors (Lipinski definition) is 3. The number of halogens is 1. The molecule has 0 unspecified atom stereocenters. The standard InChI is InChI=1S/C21H21ClN2OS/c1-13-17-12-15(22)8-10-19(17)26-20-9-7-14(11-18(20)23-13)21(25)24-16-5-3-2-4-6-16/h7-12,16,23H,1-6H2,(H,24,25). The highest BCUT2D eigenvalue weighted by molar-refractivity contribution is 7.99. The van der Waals surface area contributed by atoms with Crippen molar-refractivity contribution in [3.63, 3.8) is 0 Å². The number of carbonyl (C=O) groups is 1. The highest BCUT2D eigenvalue weighted by Crippen LogP contribution is 2.42. The minimum Gasteiger partial charge on any atom is -0.355 e. The van der Waals surface area contributed by atoms with Gasteiger partial charge in [0.25, 0.3) is 5.91 Å². The first kappa shape index (κ1) is 17.5. The average Bonchev–Trinajstić information content (AvgIpc) is 2.78. The molecule has 4 rings (SSSR count). The lowest BCUT2D eigenvalue weighted by Crippen LogP contribution is -2.36. The number of nitrogens with one attached hydrogen (secondary N) is 2. The molecule has 0 saturated heterocycles. The molecule has 26 heavy (non-hydrogen) atoms. The molecule has 5 heteroatoms. The van der Waals surface area contributed by atoms with Crippen LogP contribution in [-0.4, -0.2) is 11.9 Å². The zero-order valence-corrected chi connectivity index (χ0v) is 16.1. The van der Waals surface area contributed by atoms with Gasteiger partial charge in [-0.15, -0.1) is 0 Å². The normalized spacial score (nSPS) is 16.9. The molecule has 134 valence electrons. The Morgan fingerprint density at radius 1 is 1.12 bits per heavy atom. The molecule has 2 aromatic carbocycles. The zero-order valence-electron chi connectivity index (χ0n) is 14.5. The van der Waals surface area contributed by atoms with Gasteiger partial charge < -0.3 is 10.6 Å². The van der Waals surface area contributed by atoms with Crippen molar-refractivity contribution in [2.75, 3.05) is 5.32 Å². The van der Waals surface area contributed by atoms with Gasteiger partial charge in [0.15, 0.2) is 0 Å². The molecule has 0 aromatic heterocycles. The number of carbonyl (C=O) groups excluding carboxylic acids is 1. The summed E-state index contributed by atoms with van der Waals surface area (Å²) < 4.78 is 0. The number of amides is 1. The van der Waals surface area contributed by atoms with Crippen LogP contribution in [0.1, 0.15) is 48.0 Å². The first-order chi connectivity index (χ1) is 12.6. The highest BCUT2D eigenvalue weighted by atomic mass is 35.5. The van der Waals surface area contributed by atoms with Crippen molar-refractivity contribution in [1.82, 2.24) is 5.32 Å². The van der Waals surface area contributed by atoms with Crippen molar-refractivity contribution >= 4 is 40.7 Å². The molecule has 0 bridgehead atoms. The predicted octanol–water partition coefficient (Wildman–Crippen LogP) is 5.95. The van der Waals surface area contributed by atoms with Crippen molar-refractivity contribution < 1.29 is 4.79 Å². The molecule has 0 spiro atoms. The monoisotopic (exact) mass is 384 g/mol. The molecule has 2 aromatic rings. The van der Waals surface area contributed by atoms with E-state index >= 15 is 0 Å². The second kappa shape index (κ2) is 7.37. The summed E-state index contributed by atoms with van der Waals surface area (Å²) >= 11 is 7.79. The van der Waals surface area contributed by atoms with Gasteiger partial charge in [-0.25, -0.2) is 0 Å². The van der Waals surface area contributed by atoms with Crippen molar-refractivity contribution in [3.8, 4) is 0 Å². The van der Waals surface area contributed by atoms with Crippen molar-refractivity contribution in [3.05, 3.63) is 59.1 Å². The van der Waals surface area contributed by atoms with E-state index in [0.29, 0.717) is 16.6 Å². The Hall–Kier alpha value is -1.91. The van der Waals surface area contributed by atoms with Gasteiger partial charge in [0.2, 0.25) is 0 Å². The fourth-order valence-electron chi connectivity index (χ4n) is 3.55. The largest absolute Gasteiger partial charge is 0.355 e. The Kier molecular flexibility index (Phi) is 4.96. The van der Waals surface area contributed by atoms with E-state index < -0.39 is 0 Å². The van der Waals surface area contributed by atoms with Gasteiger partial charge in [0.05, 0.1) is 5.69 Å². The first-order valence-electron chi connectivity index (χ1n) is 8.99. The summed E-state index contributed by atoms with van der Waals surface area (Å²) in [6, 6.07) is 11.9. The minimum absolute atomic E-state index is 0.00178. The topological polar surface area (TPSA) is 41.1 Å². The van der Waals surface area contributed by atoms with Crippen LogP contribution in [0.25, 0.3) is 5.70 Å². The Labute approximate surface area is 163 Å². The Balaban J connectivity index is 1.58. The molecule has 2 N–H and O–H groups in total. The maximum Gasteiger partial charge on any atom is 0.251 e. The van der Waals surface area contributed by atoms with Crippen LogP contribution in [0.2, 0.25) is 5.02 Å². The van der Waals surface area contributed by atoms with Gasteiger partial charge >= 0.3 is 0 Å². The molecular formula is C21H21ClN2OS. The summed E-state index contributed by atoms with van der Waals surface area (Å²) in [5, 5.41) is 7.22. The third-order valence-corrected chi connectivity index (χ3v) is 6.34. The Morgan fingerprint density at radius 2 is 1.88 bits per heavy atom. The van der Waals surface area contributed by atoms with Crippen LogP contribution in [0.15, 0.2) is 52.8 Å². The van der Waals surface area contributed by atoms with Crippen LogP contribution in [0, 0.1) is 0 Å². The molecule has 1 amide bonds. The van der Waals surface area contributed by atoms with E-state index in [9.17, 15) is 4.79 Å². The van der Waals surface area contributed by atoms with Crippen LogP contribution in [0.4, 0.5) is 5.69 Å². The number of fused-ring (bicyclic) bond motifs is 2. The van der Waals surface area contributed by atoms with E-state index in [1.807, 2.05) is 36.4 Å². The van der Waals surface area contributed by atoms with Gasteiger partial charge in [-0.3, -0.25) is 4.79 Å². The zero-order chi connectivity index (χ0) is 18.1. The van der Waals surface area contributed by atoms with E-state index in [1.165, 1.54) is 19.3 Å². The van der Waals surface area contributed by atoms with Crippen LogP contribution in [0.3, 0.4) is 0 Å². The number of anilines is 1. The second-order valence-electron chi connectivity index (χ2n) is 6.87. The molecule has 1 aliphatic carbocycles. The van der Waals surface area contributed by atoms with E-state index in [0.717, 1.165) is 39.6 Å². The molecule has 1 heterocycles. The fourth-order valence-corrected chi connectivity index (χ4v) is 4.74. The van der Waals surface area contributed by atoms with Gasteiger partial charge in [-0.05, 0) is 49.2 Å². The van der Waals surface area contributed by atoms with E-state index in [-0.39, 0.29) is 5.91 Å². The van der Waals surface area contributed by atoms with Crippen molar-refractivity contribution in [2.24, 2.45) is 0 Å². The summed E-state index contributed by atoms with van der Waals surface area (Å²) in [4.78, 5) is 14.8. The van der Waals surface area contributed by atoms with Crippen LogP contribution >= 0.6 is 23.4 Å². The maximum absolute atomic E-state index is 12.6. The fraction of sp³-hybridized carbons (Fsp3) is 0.286. The lowest BCUT2D eigenvalue weighted by Gasteiger charge is -2.23. The van der Waals surface area contributed by atoms with Crippen LogP contribution in [-0.2, 0) is 0 Å². The van der Waals surface area contributed by atoms with Crippen LogP contribution in [0.5, 0.6) is 0 Å². The Morgan fingerprint density at radius 3 is 2.69 bits per heavy atom. The molecule has 1 aliphatic heterocycles. The Bertz CT molecular complexity index is 874. The smallest absolute Gasteiger partial charge is 0.251 e. The molecular weight excluding hydrogens is 364 g/mol. The molecule has 1 saturated carbocycles. The summed E-state index contributed by atoms with van der Waals surface area (Å²) in [5.41, 5.74) is 3.37. The third kappa shape index (κ3) is 3.62. The van der Waals surface area contributed by atoms with Crippen LogP contribution < -0.4 is 10.6 Å². The van der Waals surface area contributed by atoms with Gasteiger partial charge in [0.1, 0.15) is 0 Å². The van der Waals surface area contributed by atoms with E-state index in [4.69, 9.17) is 11.6 Å². The number of rotatable bonds is 2. The predicted molar refractivity (Wildman–Crippen MR) is 109 cm³/mol. The summed E-state index contributed by atoms with van der Waals surface area (Å²) in [7, 11) is 0. The average molecular weight is 385 g/mol. The second-order valence-corrected chi connectivity index (χ2v) is 8.39. The quantitative estimate of drug-likeness (QED) is 0.672. The van der Waals surface area contributed by atoms with Gasteiger partial charge in [-0.1, -0.05) is 49.2 Å². The van der Waals surface area contributed by atoms with Gasteiger partial charge in [0, 0.05) is 37.7 Å². The van der Waals surface area contributed by atoms with E-state index in [1.54, 1.807) is 11.8 Å². The lowest BCUT2D eigenvalue weighted by atomic mass is 9.95. The maximum atomic E-state index is 12.6. The molecule has 0 atom stereocenters. The number of hydrogen-bond donors (Lipinski definition) is 2. The highest BCUT2D eigenvalue weighted by Gasteiger charge is 2.20. The SMILES string of the molecule is C=C1Nc2cc(C(=O)NC3CCCCC3)ccc2Sc2ccc(Cl)cc21. The minimum atomic E-state index is 0.00178. The summed E-state index contributed by atoms with van der Waals surface area (Å²) in [5.74, 6) is 0.00178. The summed E-state index contributed by atoms with van der Waals surface area (Å²) in [6.45, 7) is 4.14. The van der Waals surface area contributed by atoms with Crippen molar-refractivity contribution in [2.45, 2.75) is 47.9 Å². The first-order valence-corrected chi connectivity index (χ1v) is 10.2. The molecule has 1 fully saturated rings. The van der Waals surface area contributed by atoms with Gasteiger partial charge in [-0.2, -0.15) is 0 Å². The number of benzene rings is 2. The third-order valence-electron chi connectivity index (χ3n) is 4.95. The molecule has 2 aliphatic rings.